The van der Waals surface area contributed by atoms with Crippen molar-refractivity contribution in [2.24, 2.45) is 0 Å². The number of halogens is 1. The minimum Gasteiger partial charge on any atom is -0.119 e. The van der Waals surface area contributed by atoms with Crippen LogP contribution < -0.4 is 0 Å². The van der Waals surface area contributed by atoms with Crippen LogP contribution in [-0.4, -0.2) is 5.57 Å². The molecule has 0 aromatic carbocycles. The maximum Gasteiger partial charge on any atom is 0.125 e. The van der Waals surface area contributed by atoms with Crippen LogP contribution in [-0.2, 0) is 0 Å². The van der Waals surface area contributed by atoms with Crippen LogP contribution in [0.25, 0.3) is 0 Å². The van der Waals surface area contributed by atoms with Gasteiger partial charge in [-0.15, -0.1) is 21.8 Å². The summed E-state index contributed by atoms with van der Waals surface area (Å²) in [5.41, 5.74) is -0.900. The van der Waals surface area contributed by atoms with Crippen molar-refractivity contribution in [3.63, 3.8) is 0 Å². The van der Waals surface area contributed by atoms with Crippen molar-refractivity contribution in [2.75, 3.05) is 0 Å². The third-order valence-corrected chi connectivity index (χ3v) is 12.5. The Bertz CT molecular complexity index is 158. The molecule has 0 saturated heterocycles. The predicted molar refractivity (Wildman–Crippen MR) is 97.4 cm³/mol. The molecule has 0 heterocycles. The van der Waals surface area contributed by atoms with E-state index in [1.54, 1.807) is 18.1 Å². The van der Waals surface area contributed by atoms with E-state index in [0.717, 1.165) is 0 Å². The molecule has 2 heteroatoms. The van der Waals surface area contributed by atoms with Gasteiger partial charge in [-0.25, -0.2) is 0 Å². The summed E-state index contributed by atoms with van der Waals surface area (Å²) < 4.78 is 0. The van der Waals surface area contributed by atoms with Crippen LogP contribution in [0, 0.1) is 0 Å². The van der Waals surface area contributed by atoms with Crippen LogP contribution in [0.2, 0.25) is 18.1 Å². The van der Waals surface area contributed by atoms with Crippen molar-refractivity contribution in [3.05, 3.63) is 0 Å². The van der Waals surface area contributed by atoms with Gasteiger partial charge >= 0.3 is 0 Å². The Morgan fingerprint density at radius 1 is 0.556 bits per heavy atom. The Hall–Kier alpha value is 0.947. The molecule has 0 aromatic rings. The van der Waals surface area contributed by atoms with Gasteiger partial charge in [0, 0.05) is 0 Å². The van der Waals surface area contributed by atoms with Gasteiger partial charge in [0.2, 0.25) is 0 Å². The number of unbranched alkanes of at least 4 members (excludes halogenated alkanes) is 7. The topological polar surface area (TPSA) is 0 Å². The monoisotopic (exact) mass is 382 g/mol. The Morgan fingerprint density at radius 3 is 1.33 bits per heavy atom. The smallest absolute Gasteiger partial charge is 0.119 e. The Kier molecular flexibility index (Phi) is 13.6. The largest absolute Gasteiger partial charge is 0.125 e. The van der Waals surface area contributed by atoms with E-state index >= 15 is 0 Å². The maximum absolute atomic E-state index is 2.94. The highest BCUT2D eigenvalue weighted by Crippen LogP contribution is 2.34. The predicted octanol–water partition coefficient (Wildman–Crippen LogP) is 7.33. The summed E-state index contributed by atoms with van der Waals surface area (Å²) in [6.07, 6.45) is 14.5. The normalized spacial score (nSPS) is 12.0. The molecular formula is C16H35ISi. The SMILES string of the molecule is CCCCCC[Si](I)(CCCC)CCCCCC. The molecule has 0 radical (unpaired) electrons. The second-order valence-electron chi connectivity index (χ2n) is 5.88. The quantitative estimate of drug-likeness (QED) is 0.135. The second-order valence-corrected chi connectivity index (χ2v) is 16.5. The molecule has 0 aliphatic rings. The van der Waals surface area contributed by atoms with E-state index in [2.05, 4.69) is 42.6 Å². The average Bonchev–Trinajstić information content (AvgIpc) is 2.38. The maximum atomic E-state index is 2.94. The van der Waals surface area contributed by atoms with Crippen LogP contribution in [0.5, 0.6) is 0 Å². The fourth-order valence-corrected chi connectivity index (χ4v) is 9.54. The molecule has 0 aliphatic carbocycles. The van der Waals surface area contributed by atoms with Gasteiger partial charge in [0.05, 0.1) is 0 Å². The first-order valence-corrected chi connectivity index (χ1v) is 14.1. The number of rotatable bonds is 13. The Labute approximate surface area is 130 Å². The highest BCUT2D eigenvalue weighted by atomic mass is 127. The van der Waals surface area contributed by atoms with E-state index in [4.69, 9.17) is 0 Å². The van der Waals surface area contributed by atoms with Crippen LogP contribution in [0.4, 0.5) is 0 Å². The average molecular weight is 382 g/mol. The van der Waals surface area contributed by atoms with Crippen LogP contribution >= 0.6 is 21.8 Å². The molecule has 0 spiro atoms. The summed E-state index contributed by atoms with van der Waals surface area (Å²) >= 11 is 2.94. The highest BCUT2D eigenvalue weighted by Gasteiger charge is 2.27. The molecule has 0 saturated carbocycles. The molecule has 0 rings (SSSR count). The first-order valence-electron chi connectivity index (χ1n) is 8.37. The fourth-order valence-electron chi connectivity index (χ4n) is 2.61. The van der Waals surface area contributed by atoms with E-state index < -0.39 is 5.57 Å². The first kappa shape index (κ1) is 18.9. The zero-order valence-electron chi connectivity index (χ0n) is 13.1. The first-order chi connectivity index (χ1) is 8.68. The minimum absolute atomic E-state index is 0.900. The summed E-state index contributed by atoms with van der Waals surface area (Å²) in [6.45, 7) is 6.98. The second kappa shape index (κ2) is 13.0. The van der Waals surface area contributed by atoms with Crippen LogP contribution in [0.15, 0.2) is 0 Å². The molecular weight excluding hydrogens is 347 g/mol. The molecule has 110 valence electrons. The molecule has 0 unspecified atom stereocenters. The third-order valence-electron chi connectivity index (χ3n) is 3.94. The Morgan fingerprint density at radius 2 is 0.944 bits per heavy atom. The van der Waals surface area contributed by atoms with E-state index in [-0.39, 0.29) is 0 Å². The summed E-state index contributed by atoms with van der Waals surface area (Å²) in [6, 6.07) is 4.78. The molecule has 0 N–H and O–H groups in total. The third kappa shape index (κ3) is 10.8. The molecule has 0 bridgehead atoms. The van der Waals surface area contributed by atoms with Gasteiger partial charge in [-0.3, -0.25) is 0 Å². The van der Waals surface area contributed by atoms with Gasteiger partial charge < -0.3 is 0 Å². The van der Waals surface area contributed by atoms with Gasteiger partial charge in [-0.2, -0.15) is 0 Å². The summed E-state index contributed by atoms with van der Waals surface area (Å²) in [4.78, 5) is 0. The van der Waals surface area contributed by atoms with Crippen molar-refractivity contribution >= 4 is 27.4 Å². The lowest BCUT2D eigenvalue weighted by atomic mass is 10.2. The van der Waals surface area contributed by atoms with Crippen molar-refractivity contribution in [3.8, 4) is 0 Å². The molecule has 0 aliphatic heterocycles. The zero-order chi connectivity index (χ0) is 13.7. The van der Waals surface area contributed by atoms with E-state index in [0.29, 0.717) is 0 Å². The zero-order valence-corrected chi connectivity index (χ0v) is 16.2. The molecule has 0 amide bonds. The lowest BCUT2D eigenvalue weighted by molar-refractivity contribution is 0.681. The molecule has 18 heavy (non-hydrogen) atoms. The number of hydrogen-bond donors (Lipinski definition) is 0. The van der Waals surface area contributed by atoms with Gasteiger partial charge in [0.1, 0.15) is 5.57 Å². The standard InChI is InChI=1S/C16H35ISi/c1-4-7-10-12-15-18(17,14-9-6-3)16-13-11-8-5-2/h4-16H2,1-3H3. The van der Waals surface area contributed by atoms with Gasteiger partial charge in [0.25, 0.3) is 0 Å². The molecule has 0 atom stereocenters. The summed E-state index contributed by atoms with van der Waals surface area (Å²) in [5, 5.41) is 0. The van der Waals surface area contributed by atoms with Crippen molar-refractivity contribution in [2.45, 2.75) is 103 Å². The number of hydrogen-bond acceptors (Lipinski definition) is 0. The van der Waals surface area contributed by atoms with Gasteiger partial charge in [-0.05, 0) is 18.1 Å². The highest BCUT2D eigenvalue weighted by molar-refractivity contribution is 14.1. The van der Waals surface area contributed by atoms with E-state index in [1.165, 1.54) is 64.2 Å². The van der Waals surface area contributed by atoms with Crippen molar-refractivity contribution in [1.29, 1.82) is 0 Å². The summed E-state index contributed by atoms with van der Waals surface area (Å²) in [7, 11) is 0. The molecule has 0 nitrogen and oxygen atoms in total. The van der Waals surface area contributed by atoms with Gasteiger partial charge in [0.15, 0.2) is 0 Å². The van der Waals surface area contributed by atoms with Crippen LogP contribution in [0.1, 0.15) is 85.0 Å². The van der Waals surface area contributed by atoms with Gasteiger partial charge in [-0.1, -0.05) is 85.0 Å². The fraction of sp³-hybridized carbons (Fsp3) is 1.00. The molecule has 0 fully saturated rings. The lowest BCUT2D eigenvalue weighted by Gasteiger charge is -2.25. The minimum atomic E-state index is -0.900. The van der Waals surface area contributed by atoms with E-state index in [9.17, 15) is 0 Å². The van der Waals surface area contributed by atoms with Crippen molar-refractivity contribution in [1.82, 2.24) is 0 Å². The van der Waals surface area contributed by atoms with Crippen LogP contribution in [0.3, 0.4) is 0 Å². The van der Waals surface area contributed by atoms with Crippen molar-refractivity contribution < 1.29 is 0 Å². The Balaban J connectivity index is 3.90. The summed E-state index contributed by atoms with van der Waals surface area (Å²) in [5.74, 6) is 0. The lowest BCUT2D eigenvalue weighted by Crippen LogP contribution is -2.25. The molecule has 0 aromatic heterocycles. The van der Waals surface area contributed by atoms with E-state index in [1.807, 2.05) is 0 Å².